The van der Waals surface area contributed by atoms with Crippen LogP contribution in [0.15, 0.2) is 24.3 Å². The first kappa shape index (κ1) is 14.7. The Kier molecular flexibility index (Phi) is 4.56. The standard InChI is InChI=1S/C15H17F3N2/c1-2-9-20-10-7-14(8-11-20)19-13-5-3-12(4-6-13)15(16,17)18/h1,3-6,14,19H,7-11H2. The van der Waals surface area contributed by atoms with Crippen molar-refractivity contribution in [3.63, 3.8) is 0 Å². The second kappa shape index (κ2) is 6.19. The smallest absolute Gasteiger partial charge is 0.382 e. The van der Waals surface area contributed by atoms with Crippen molar-refractivity contribution in [2.24, 2.45) is 0 Å². The number of nitrogens with zero attached hydrogens (tertiary/aromatic N) is 1. The summed E-state index contributed by atoms with van der Waals surface area (Å²) in [6, 6.07) is 5.47. The highest BCUT2D eigenvalue weighted by molar-refractivity contribution is 5.46. The molecule has 0 aliphatic carbocycles. The molecule has 1 saturated heterocycles. The Balaban J connectivity index is 1.87. The lowest BCUT2D eigenvalue weighted by Crippen LogP contribution is -2.39. The monoisotopic (exact) mass is 282 g/mol. The van der Waals surface area contributed by atoms with Crippen molar-refractivity contribution >= 4 is 5.69 Å². The highest BCUT2D eigenvalue weighted by Gasteiger charge is 2.30. The molecule has 1 aliphatic rings. The molecule has 1 aromatic rings. The summed E-state index contributed by atoms with van der Waals surface area (Å²) in [5.74, 6) is 2.62. The molecule has 0 amide bonds. The van der Waals surface area contributed by atoms with E-state index in [0.717, 1.165) is 43.8 Å². The number of alkyl halides is 3. The maximum atomic E-state index is 12.5. The van der Waals surface area contributed by atoms with Crippen LogP contribution in [-0.2, 0) is 6.18 Å². The van der Waals surface area contributed by atoms with Crippen LogP contribution in [0.2, 0.25) is 0 Å². The molecule has 0 unspecified atom stereocenters. The number of rotatable bonds is 3. The molecule has 0 saturated carbocycles. The van der Waals surface area contributed by atoms with Crippen LogP contribution in [0, 0.1) is 12.3 Å². The third-order valence-corrected chi connectivity index (χ3v) is 3.49. The summed E-state index contributed by atoms with van der Waals surface area (Å²) in [5, 5.41) is 3.28. The van der Waals surface area contributed by atoms with Gasteiger partial charge in [-0.2, -0.15) is 13.2 Å². The molecule has 1 aromatic carbocycles. The molecule has 5 heteroatoms. The summed E-state index contributed by atoms with van der Waals surface area (Å²) in [4.78, 5) is 2.20. The summed E-state index contributed by atoms with van der Waals surface area (Å²) in [6.07, 6.45) is 2.88. The van der Waals surface area contributed by atoms with Gasteiger partial charge in [0.2, 0.25) is 0 Å². The number of hydrogen-bond donors (Lipinski definition) is 1. The third-order valence-electron chi connectivity index (χ3n) is 3.49. The van der Waals surface area contributed by atoms with Gasteiger partial charge in [0, 0.05) is 24.8 Å². The Hall–Kier alpha value is -1.67. The van der Waals surface area contributed by atoms with Crippen LogP contribution in [0.1, 0.15) is 18.4 Å². The van der Waals surface area contributed by atoms with E-state index in [4.69, 9.17) is 6.42 Å². The molecule has 0 aromatic heterocycles. The number of halogens is 3. The lowest BCUT2D eigenvalue weighted by Gasteiger charge is -2.31. The zero-order chi connectivity index (χ0) is 14.6. The first-order valence-corrected chi connectivity index (χ1v) is 6.58. The molecule has 1 heterocycles. The van der Waals surface area contributed by atoms with Gasteiger partial charge in [0.15, 0.2) is 0 Å². The predicted molar refractivity (Wildman–Crippen MR) is 73.4 cm³/mol. The molecule has 0 spiro atoms. The molecule has 0 atom stereocenters. The minimum absolute atomic E-state index is 0.292. The van der Waals surface area contributed by atoms with Crippen molar-refractivity contribution in [1.29, 1.82) is 0 Å². The van der Waals surface area contributed by atoms with Crippen LogP contribution in [-0.4, -0.2) is 30.6 Å². The van der Waals surface area contributed by atoms with Gasteiger partial charge in [-0.15, -0.1) is 6.42 Å². The Morgan fingerprint density at radius 3 is 2.30 bits per heavy atom. The minimum atomic E-state index is -4.28. The number of piperidine rings is 1. The molecule has 1 fully saturated rings. The Morgan fingerprint density at radius 2 is 1.80 bits per heavy atom. The Labute approximate surface area is 117 Å². The maximum Gasteiger partial charge on any atom is 0.416 e. The second-order valence-electron chi connectivity index (χ2n) is 4.97. The number of likely N-dealkylation sites (tertiary alicyclic amines) is 1. The summed E-state index contributed by atoms with van der Waals surface area (Å²) in [5.41, 5.74) is 0.111. The SMILES string of the molecule is C#CCN1CCC(Nc2ccc(C(F)(F)F)cc2)CC1. The summed E-state index contributed by atoms with van der Waals surface area (Å²) >= 11 is 0. The number of benzene rings is 1. The summed E-state index contributed by atoms with van der Waals surface area (Å²) in [7, 11) is 0. The maximum absolute atomic E-state index is 12.5. The highest BCUT2D eigenvalue weighted by atomic mass is 19.4. The van der Waals surface area contributed by atoms with Gasteiger partial charge in [-0.25, -0.2) is 0 Å². The fourth-order valence-corrected chi connectivity index (χ4v) is 2.36. The second-order valence-corrected chi connectivity index (χ2v) is 4.97. The zero-order valence-electron chi connectivity index (χ0n) is 11.1. The topological polar surface area (TPSA) is 15.3 Å². The molecule has 108 valence electrons. The summed E-state index contributed by atoms with van der Waals surface area (Å²) in [6.45, 7) is 2.50. The number of nitrogens with one attached hydrogen (secondary N) is 1. The van der Waals surface area contributed by atoms with E-state index in [1.165, 1.54) is 12.1 Å². The quantitative estimate of drug-likeness (QED) is 0.856. The van der Waals surface area contributed by atoms with E-state index in [-0.39, 0.29) is 0 Å². The van der Waals surface area contributed by atoms with E-state index in [2.05, 4.69) is 16.1 Å². The minimum Gasteiger partial charge on any atom is -0.382 e. The molecule has 2 nitrogen and oxygen atoms in total. The number of anilines is 1. The lowest BCUT2D eigenvalue weighted by molar-refractivity contribution is -0.137. The molecule has 1 N–H and O–H groups in total. The van der Waals surface area contributed by atoms with Crippen molar-refractivity contribution in [1.82, 2.24) is 4.90 Å². The first-order valence-electron chi connectivity index (χ1n) is 6.58. The highest BCUT2D eigenvalue weighted by Crippen LogP contribution is 2.30. The third kappa shape index (κ3) is 3.91. The van der Waals surface area contributed by atoms with Crippen LogP contribution < -0.4 is 5.32 Å². The lowest BCUT2D eigenvalue weighted by atomic mass is 10.0. The fourth-order valence-electron chi connectivity index (χ4n) is 2.36. The molecule has 0 bridgehead atoms. The average molecular weight is 282 g/mol. The molecule has 2 rings (SSSR count). The van der Waals surface area contributed by atoms with Gasteiger partial charge in [0.1, 0.15) is 0 Å². The number of hydrogen-bond acceptors (Lipinski definition) is 2. The van der Waals surface area contributed by atoms with Crippen molar-refractivity contribution in [3.05, 3.63) is 29.8 Å². The fraction of sp³-hybridized carbons (Fsp3) is 0.467. The molecule has 20 heavy (non-hydrogen) atoms. The zero-order valence-corrected chi connectivity index (χ0v) is 11.1. The Bertz CT molecular complexity index is 465. The van der Waals surface area contributed by atoms with Crippen LogP contribution in [0.5, 0.6) is 0 Å². The van der Waals surface area contributed by atoms with Gasteiger partial charge in [-0.3, -0.25) is 4.90 Å². The average Bonchev–Trinajstić information content (AvgIpc) is 2.41. The van der Waals surface area contributed by atoms with E-state index >= 15 is 0 Å². The van der Waals surface area contributed by atoms with Crippen molar-refractivity contribution in [2.75, 3.05) is 25.0 Å². The largest absolute Gasteiger partial charge is 0.416 e. The van der Waals surface area contributed by atoms with E-state index in [0.29, 0.717) is 12.6 Å². The van der Waals surface area contributed by atoms with Crippen LogP contribution >= 0.6 is 0 Å². The van der Waals surface area contributed by atoms with Crippen LogP contribution in [0.3, 0.4) is 0 Å². The normalized spacial score (nSPS) is 17.7. The van der Waals surface area contributed by atoms with E-state index in [9.17, 15) is 13.2 Å². The summed E-state index contributed by atoms with van der Waals surface area (Å²) < 4.78 is 37.4. The molecule has 1 aliphatic heterocycles. The van der Waals surface area contributed by atoms with Gasteiger partial charge in [-0.05, 0) is 37.1 Å². The first-order chi connectivity index (χ1) is 9.49. The van der Waals surface area contributed by atoms with Gasteiger partial charge >= 0.3 is 6.18 Å². The molecular formula is C15H17F3N2. The predicted octanol–water partition coefficient (Wildman–Crippen LogP) is 3.21. The van der Waals surface area contributed by atoms with E-state index in [1.807, 2.05) is 0 Å². The van der Waals surface area contributed by atoms with Gasteiger partial charge in [0.25, 0.3) is 0 Å². The van der Waals surface area contributed by atoms with E-state index < -0.39 is 11.7 Å². The van der Waals surface area contributed by atoms with Crippen molar-refractivity contribution < 1.29 is 13.2 Å². The van der Waals surface area contributed by atoms with Crippen LogP contribution in [0.25, 0.3) is 0 Å². The van der Waals surface area contributed by atoms with Gasteiger partial charge in [0.05, 0.1) is 12.1 Å². The van der Waals surface area contributed by atoms with Gasteiger partial charge < -0.3 is 5.32 Å². The molecule has 0 radical (unpaired) electrons. The Morgan fingerprint density at radius 1 is 1.20 bits per heavy atom. The van der Waals surface area contributed by atoms with Gasteiger partial charge in [-0.1, -0.05) is 5.92 Å². The number of terminal acetylenes is 1. The van der Waals surface area contributed by atoms with Crippen molar-refractivity contribution in [2.45, 2.75) is 25.1 Å². The van der Waals surface area contributed by atoms with E-state index in [1.54, 1.807) is 0 Å². The molecular weight excluding hydrogens is 265 g/mol. The van der Waals surface area contributed by atoms with Crippen LogP contribution in [0.4, 0.5) is 18.9 Å². The van der Waals surface area contributed by atoms with Crippen molar-refractivity contribution in [3.8, 4) is 12.3 Å².